The van der Waals surface area contributed by atoms with Crippen LogP contribution in [0.2, 0.25) is 0 Å². The summed E-state index contributed by atoms with van der Waals surface area (Å²) in [6, 6.07) is 11.7. The van der Waals surface area contributed by atoms with Gasteiger partial charge in [-0.3, -0.25) is 4.79 Å². The molecule has 0 bridgehead atoms. The number of rotatable bonds is 7. The van der Waals surface area contributed by atoms with Crippen LogP contribution in [0.5, 0.6) is 5.75 Å². The summed E-state index contributed by atoms with van der Waals surface area (Å²) < 4.78 is 31.7. The molecule has 128 valence electrons. The minimum atomic E-state index is -4.13. The molecule has 24 heavy (non-hydrogen) atoms. The maximum absolute atomic E-state index is 12.4. The monoisotopic (exact) mass is 351 g/mol. The molecule has 2 atom stereocenters. The van der Waals surface area contributed by atoms with Crippen LogP contribution in [0.1, 0.15) is 11.7 Å². The third-order valence-corrected chi connectivity index (χ3v) is 4.83. The maximum atomic E-state index is 12.4. The first-order chi connectivity index (χ1) is 11.3. The fraction of sp³-hybridized carbons (Fsp3) is 0.188. The van der Waals surface area contributed by atoms with Gasteiger partial charge in [-0.2, -0.15) is 4.72 Å². The Kier molecular flexibility index (Phi) is 5.55. The van der Waals surface area contributed by atoms with Crippen molar-refractivity contribution in [1.29, 1.82) is 0 Å². The van der Waals surface area contributed by atoms with Crippen LogP contribution in [-0.2, 0) is 14.8 Å². The molecule has 2 rings (SSSR count). The molecule has 0 heterocycles. The maximum Gasteiger partial charge on any atom is 0.324 e. The van der Waals surface area contributed by atoms with Crippen molar-refractivity contribution >= 4 is 16.0 Å². The molecule has 2 aromatic carbocycles. The van der Waals surface area contributed by atoms with Crippen LogP contribution in [0.3, 0.4) is 0 Å². The van der Waals surface area contributed by atoms with Gasteiger partial charge in [0.05, 0.1) is 12.0 Å². The number of nitrogens with one attached hydrogen (secondary N) is 1. The molecule has 2 aromatic rings. The molecule has 2 unspecified atom stereocenters. The fourth-order valence-corrected chi connectivity index (χ4v) is 3.28. The second-order valence-electron chi connectivity index (χ2n) is 4.97. The lowest BCUT2D eigenvalue weighted by Crippen LogP contribution is -2.44. The topological polar surface area (TPSA) is 113 Å². The molecule has 0 aliphatic heterocycles. The molecule has 8 heteroatoms. The van der Waals surface area contributed by atoms with E-state index in [2.05, 4.69) is 0 Å². The number of carbonyl (C=O) groups is 1. The normalized spacial score (nSPS) is 13.9. The minimum Gasteiger partial charge on any atom is -0.497 e. The van der Waals surface area contributed by atoms with Crippen LogP contribution in [0.15, 0.2) is 59.5 Å². The van der Waals surface area contributed by atoms with Crippen molar-refractivity contribution in [3.05, 3.63) is 60.2 Å². The molecule has 0 aliphatic rings. The first-order valence-electron chi connectivity index (χ1n) is 6.97. The lowest BCUT2D eigenvalue weighted by atomic mass is 10.0. The Morgan fingerprint density at radius 3 is 2.17 bits per heavy atom. The molecule has 0 saturated carbocycles. The van der Waals surface area contributed by atoms with Gasteiger partial charge in [-0.25, -0.2) is 8.42 Å². The standard InChI is InChI=1S/C16H17NO6S/c1-23-12-7-9-13(10-8-12)24(21,22)17-14(16(19)20)15(18)11-5-3-2-4-6-11/h2-10,14-15,17-18H,1H3,(H,19,20). The van der Waals surface area contributed by atoms with E-state index >= 15 is 0 Å². The molecule has 0 aromatic heterocycles. The Hall–Kier alpha value is -2.42. The van der Waals surface area contributed by atoms with Crippen LogP contribution < -0.4 is 9.46 Å². The van der Waals surface area contributed by atoms with Crippen LogP contribution >= 0.6 is 0 Å². The summed E-state index contributed by atoms with van der Waals surface area (Å²) in [6.45, 7) is 0. The van der Waals surface area contributed by atoms with Gasteiger partial charge >= 0.3 is 5.97 Å². The molecule has 0 aliphatic carbocycles. The number of methoxy groups -OCH3 is 1. The van der Waals surface area contributed by atoms with Gasteiger partial charge in [0.15, 0.2) is 0 Å². The number of hydrogen-bond donors (Lipinski definition) is 3. The van der Waals surface area contributed by atoms with Crippen molar-refractivity contribution in [2.24, 2.45) is 0 Å². The van der Waals surface area contributed by atoms with Gasteiger partial charge in [-0.1, -0.05) is 30.3 Å². The Labute approximate surface area is 139 Å². The molecule has 0 spiro atoms. The number of sulfonamides is 1. The van der Waals surface area contributed by atoms with Gasteiger partial charge in [-0.15, -0.1) is 0 Å². The van der Waals surface area contributed by atoms with Crippen LogP contribution in [0.4, 0.5) is 0 Å². The molecular weight excluding hydrogens is 334 g/mol. The zero-order chi connectivity index (χ0) is 17.7. The number of ether oxygens (including phenoxy) is 1. The number of carboxylic acids is 1. The predicted octanol–water partition coefficient (Wildman–Crippen LogP) is 1.16. The van der Waals surface area contributed by atoms with Gasteiger partial charge in [0, 0.05) is 0 Å². The summed E-state index contributed by atoms with van der Waals surface area (Å²) in [6.07, 6.45) is -1.53. The largest absolute Gasteiger partial charge is 0.497 e. The van der Waals surface area contributed by atoms with Gasteiger partial charge in [0.25, 0.3) is 0 Å². The van der Waals surface area contributed by atoms with Gasteiger partial charge in [0.2, 0.25) is 10.0 Å². The smallest absolute Gasteiger partial charge is 0.324 e. The highest BCUT2D eigenvalue weighted by Crippen LogP contribution is 2.20. The van der Waals surface area contributed by atoms with E-state index in [0.717, 1.165) is 0 Å². The summed E-state index contributed by atoms with van der Waals surface area (Å²) in [7, 11) is -2.69. The first-order valence-corrected chi connectivity index (χ1v) is 8.45. The molecular formula is C16H17NO6S. The number of hydrogen-bond acceptors (Lipinski definition) is 5. The molecule has 0 amide bonds. The van der Waals surface area contributed by atoms with Crippen molar-refractivity contribution in [1.82, 2.24) is 4.72 Å². The lowest BCUT2D eigenvalue weighted by Gasteiger charge is -2.20. The molecule has 0 fully saturated rings. The Bertz CT molecular complexity index is 789. The highest BCUT2D eigenvalue weighted by Gasteiger charge is 2.32. The number of aliphatic hydroxyl groups excluding tert-OH is 1. The average Bonchev–Trinajstić information content (AvgIpc) is 2.59. The van der Waals surface area contributed by atoms with E-state index in [-0.39, 0.29) is 4.90 Å². The lowest BCUT2D eigenvalue weighted by molar-refractivity contribution is -0.141. The minimum absolute atomic E-state index is 0.130. The van der Waals surface area contributed by atoms with Crippen molar-refractivity contribution in [2.75, 3.05) is 7.11 Å². The SMILES string of the molecule is COc1ccc(S(=O)(=O)NC(C(=O)O)C(O)c2ccccc2)cc1. The number of benzene rings is 2. The third kappa shape index (κ3) is 4.10. The van der Waals surface area contributed by atoms with Crippen LogP contribution in [0.25, 0.3) is 0 Å². The van der Waals surface area contributed by atoms with Crippen LogP contribution in [-0.4, -0.2) is 37.8 Å². The first kappa shape index (κ1) is 17.9. The van der Waals surface area contributed by atoms with E-state index in [1.807, 2.05) is 4.72 Å². The summed E-state index contributed by atoms with van der Waals surface area (Å²) >= 11 is 0. The predicted molar refractivity (Wildman–Crippen MR) is 86.1 cm³/mol. The average molecular weight is 351 g/mol. The second-order valence-corrected chi connectivity index (χ2v) is 6.68. The Balaban J connectivity index is 2.27. The van der Waals surface area contributed by atoms with E-state index in [1.54, 1.807) is 18.2 Å². The van der Waals surface area contributed by atoms with E-state index in [1.165, 1.54) is 43.5 Å². The van der Waals surface area contributed by atoms with E-state index in [0.29, 0.717) is 11.3 Å². The fourth-order valence-electron chi connectivity index (χ4n) is 2.08. The Morgan fingerprint density at radius 1 is 1.08 bits per heavy atom. The summed E-state index contributed by atoms with van der Waals surface area (Å²) in [5, 5.41) is 19.5. The number of carboxylic acid groups (broad SMARTS) is 1. The summed E-state index contributed by atoms with van der Waals surface area (Å²) in [4.78, 5) is 11.3. The zero-order valence-corrected chi connectivity index (χ0v) is 13.6. The summed E-state index contributed by atoms with van der Waals surface area (Å²) in [5.41, 5.74) is 0.294. The van der Waals surface area contributed by atoms with E-state index in [4.69, 9.17) is 4.74 Å². The van der Waals surface area contributed by atoms with Crippen LogP contribution in [0, 0.1) is 0 Å². The Morgan fingerprint density at radius 2 is 1.67 bits per heavy atom. The van der Waals surface area contributed by atoms with E-state index in [9.17, 15) is 23.4 Å². The third-order valence-electron chi connectivity index (χ3n) is 3.37. The molecule has 0 radical (unpaired) electrons. The highest BCUT2D eigenvalue weighted by atomic mass is 32.2. The highest BCUT2D eigenvalue weighted by molar-refractivity contribution is 7.89. The second kappa shape index (κ2) is 7.43. The van der Waals surface area contributed by atoms with Gasteiger partial charge in [-0.05, 0) is 29.8 Å². The van der Waals surface area contributed by atoms with Crippen molar-refractivity contribution in [2.45, 2.75) is 17.0 Å². The molecule has 3 N–H and O–H groups in total. The van der Waals surface area contributed by atoms with E-state index < -0.39 is 28.1 Å². The van der Waals surface area contributed by atoms with Crippen molar-refractivity contribution in [3.8, 4) is 5.75 Å². The molecule has 7 nitrogen and oxygen atoms in total. The quantitative estimate of drug-likeness (QED) is 0.690. The van der Waals surface area contributed by atoms with Gasteiger partial charge in [0.1, 0.15) is 17.9 Å². The summed E-state index contributed by atoms with van der Waals surface area (Å²) in [5.74, 6) is -1.02. The number of aliphatic hydroxyl groups is 1. The van der Waals surface area contributed by atoms with Crippen molar-refractivity contribution < 1.29 is 28.2 Å². The van der Waals surface area contributed by atoms with Gasteiger partial charge < -0.3 is 14.9 Å². The number of aliphatic carboxylic acids is 1. The zero-order valence-electron chi connectivity index (χ0n) is 12.8. The molecule has 0 saturated heterocycles. The van der Waals surface area contributed by atoms with Crippen molar-refractivity contribution in [3.63, 3.8) is 0 Å².